The molecule has 9 heteroatoms. The van der Waals surface area contributed by atoms with Crippen molar-refractivity contribution in [3.05, 3.63) is 65.2 Å². The van der Waals surface area contributed by atoms with E-state index in [2.05, 4.69) is 10.3 Å². The lowest BCUT2D eigenvalue weighted by molar-refractivity contribution is -0.137. The average Bonchev–Trinajstić information content (AvgIpc) is 3.03. The molecule has 5 nitrogen and oxygen atoms in total. The lowest BCUT2D eigenvalue weighted by Crippen LogP contribution is -2.49. The fraction of sp³-hybridized carbons (Fsp3) is 0.300. The molecular formula is C20H18F4N4O. The Labute approximate surface area is 163 Å². The number of carbonyl (C=O) groups excluding carboxylic acids is 1. The number of fused-ring (bicyclic) bond motifs is 1. The Bertz CT molecular complexity index is 1080. The minimum Gasteiger partial charge on any atom is -0.335 e. The van der Waals surface area contributed by atoms with Crippen LogP contribution < -0.4 is 5.32 Å². The third kappa shape index (κ3) is 3.82. The molecule has 1 aliphatic heterocycles. The highest BCUT2D eigenvalue weighted by Crippen LogP contribution is 2.31. The van der Waals surface area contributed by atoms with E-state index in [-0.39, 0.29) is 18.0 Å². The van der Waals surface area contributed by atoms with Gasteiger partial charge in [0.1, 0.15) is 11.9 Å². The number of benzene rings is 2. The number of nitrogens with one attached hydrogen (secondary N) is 1. The van der Waals surface area contributed by atoms with Gasteiger partial charge in [0, 0.05) is 26.7 Å². The zero-order valence-corrected chi connectivity index (χ0v) is 15.5. The third-order valence-electron chi connectivity index (χ3n) is 5.03. The van der Waals surface area contributed by atoms with Gasteiger partial charge in [0.2, 0.25) is 5.91 Å². The van der Waals surface area contributed by atoms with E-state index in [1.54, 1.807) is 12.4 Å². The number of carbonyl (C=O) groups is 1. The number of hydrogen-bond acceptors (Lipinski definition) is 3. The topological polar surface area (TPSA) is 50.2 Å². The molecule has 152 valence electrons. The largest absolute Gasteiger partial charge is 0.416 e. The number of amides is 1. The second-order valence-electron chi connectivity index (χ2n) is 7.10. The molecule has 1 saturated heterocycles. The van der Waals surface area contributed by atoms with E-state index in [1.807, 2.05) is 23.7 Å². The number of alkyl halides is 3. The zero-order chi connectivity index (χ0) is 20.8. The fourth-order valence-electron chi connectivity index (χ4n) is 3.59. The molecule has 1 amide bonds. The summed E-state index contributed by atoms with van der Waals surface area (Å²) in [5.74, 6) is -1.24. The molecule has 0 spiro atoms. The van der Waals surface area contributed by atoms with E-state index >= 15 is 0 Å². The molecular weight excluding hydrogens is 388 g/mol. The van der Waals surface area contributed by atoms with E-state index in [1.165, 1.54) is 4.90 Å². The van der Waals surface area contributed by atoms with Crippen LogP contribution in [0.3, 0.4) is 0 Å². The second kappa shape index (κ2) is 7.14. The highest BCUT2D eigenvalue weighted by atomic mass is 19.4. The monoisotopic (exact) mass is 406 g/mol. The normalized spacial score (nSPS) is 17.9. The molecule has 2 aromatic carbocycles. The van der Waals surface area contributed by atoms with E-state index in [4.69, 9.17) is 0 Å². The van der Waals surface area contributed by atoms with Crippen LogP contribution in [0.2, 0.25) is 0 Å². The molecule has 2 heterocycles. The molecule has 1 fully saturated rings. The van der Waals surface area contributed by atoms with Gasteiger partial charge in [-0.2, -0.15) is 13.2 Å². The van der Waals surface area contributed by atoms with Crippen molar-refractivity contribution < 1.29 is 22.4 Å². The Morgan fingerprint density at radius 3 is 2.76 bits per heavy atom. The van der Waals surface area contributed by atoms with Crippen molar-refractivity contribution >= 4 is 16.9 Å². The summed E-state index contributed by atoms with van der Waals surface area (Å²) >= 11 is 0. The summed E-state index contributed by atoms with van der Waals surface area (Å²) in [5.41, 5.74) is 1.46. The molecule has 1 aliphatic rings. The minimum absolute atomic E-state index is 0.0915. The first-order chi connectivity index (χ1) is 13.7. The Morgan fingerprint density at radius 2 is 2.00 bits per heavy atom. The summed E-state index contributed by atoms with van der Waals surface area (Å²) in [6.07, 6.45) is -2.97. The van der Waals surface area contributed by atoms with Gasteiger partial charge in [-0.1, -0.05) is 6.07 Å². The molecule has 1 unspecified atom stereocenters. The number of hydrogen-bond donors (Lipinski definition) is 1. The van der Waals surface area contributed by atoms with Gasteiger partial charge in [-0.25, -0.2) is 9.37 Å². The lowest BCUT2D eigenvalue weighted by Gasteiger charge is -2.33. The van der Waals surface area contributed by atoms with Crippen LogP contribution in [-0.4, -0.2) is 33.4 Å². The molecule has 0 bridgehead atoms. The van der Waals surface area contributed by atoms with Crippen LogP contribution in [0.25, 0.3) is 11.0 Å². The van der Waals surface area contributed by atoms with Crippen molar-refractivity contribution in [1.82, 2.24) is 19.8 Å². The van der Waals surface area contributed by atoms with Crippen LogP contribution in [0.1, 0.15) is 22.7 Å². The summed E-state index contributed by atoms with van der Waals surface area (Å²) in [7, 11) is 1.85. The van der Waals surface area contributed by atoms with Crippen molar-refractivity contribution in [3.63, 3.8) is 0 Å². The maximum Gasteiger partial charge on any atom is 0.416 e. The summed E-state index contributed by atoms with van der Waals surface area (Å²) in [4.78, 5) is 18.7. The van der Waals surface area contributed by atoms with Crippen LogP contribution in [0.4, 0.5) is 17.6 Å². The maximum absolute atomic E-state index is 13.7. The van der Waals surface area contributed by atoms with Gasteiger partial charge in [-0.05, 0) is 41.5 Å². The molecule has 0 saturated carbocycles. The smallest absolute Gasteiger partial charge is 0.335 e. The van der Waals surface area contributed by atoms with Gasteiger partial charge in [-0.15, -0.1) is 0 Å². The maximum atomic E-state index is 13.7. The SMILES string of the molecule is Cn1cnc2ccc(C3NCCN(Cc4cc(F)cc(C(F)(F)F)c4)C3=O)cc21. The highest BCUT2D eigenvalue weighted by Gasteiger charge is 2.33. The Hall–Kier alpha value is -2.94. The number of nitrogens with zero attached hydrogens (tertiary/aromatic N) is 3. The van der Waals surface area contributed by atoms with Gasteiger partial charge < -0.3 is 14.8 Å². The van der Waals surface area contributed by atoms with Crippen molar-refractivity contribution in [2.75, 3.05) is 13.1 Å². The number of piperazine rings is 1. The average molecular weight is 406 g/mol. The first-order valence-corrected chi connectivity index (χ1v) is 9.02. The molecule has 1 N–H and O–H groups in total. The Kier molecular flexibility index (Phi) is 4.77. The first-order valence-electron chi connectivity index (χ1n) is 9.02. The number of halogens is 4. The first kappa shape index (κ1) is 19.4. The van der Waals surface area contributed by atoms with Crippen LogP contribution in [0.15, 0.2) is 42.7 Å². The molecule has 1 aromatic heterocycles. The molecule has 0 radical (unpaired) electrons. The summed E-state index contributed by atoms with van der Waals surface area (Å²) in [6, 6.07) is 7.23. The Morgan fingerprint density at radius 1 is 1.21 bits per heavy atom. The van der Waals surface area contributed by atoms with Crippen LogP contribution in [-0.2, 0) is 24.6 Å². The minimum atomic E-state index is -4.65. The van der Waals surface area contributed by atoms with Crippen LogP contribution in [0.5, 0.6) is 0 Å². The molecule has 4 rings (SSSR count). The number of aryl methyl sites for hydroxylation is 1. The molecule has 29 heavy (non-hydrogen) atoms. The van der Waals surface area contributed by atoms with Crippen LogP contribution >= 0.6 is 0 Å². The van der Waals surface area contributed by atoms with E-state index in [9.17, 15) is 22.4 Å². The standard InChI is InChI=1S/C20H18F4N4O/c1-27-11-26-16-3-2-13(8-17(16)27)18-19(29)28(5-4-25-18)10-12-6-14(20(22,23)24)9-15(21)7-12/h2-3,6-9,11,18,25H,4-5,10H2,1H3. The second-order valence-corrected chi connectivity index (χ2v) is 7.10. The molecule has 3 aromatic rings. The van der Waals surface area contributed by atoms with Crippen molar-refractivity contribution in [2.24, 2.45) is 7.05 Å². The van der Waals surface area contributed by atoms with Gasteiger partial charge in [0.25, 0.3) is 0 Å². The Balaban J connectivity index is 1.59. The van der Waals surface area contributed by atoms with Crippen molar-refractivity contribution in [1.29, 1.82) is 0 Å². The highest BCUT2D eigenvalue weighted by molar-refractivity contribution is 5.86. The zero-order valence-electron chi connectivity index (χ0n) is 15.5. The quantitative estimate of drug-likeness (QED) is 0.679. The van der Waals surface area contributed by atoms with E-state index in [0.29, 0.717) is 19.2 Å². The van der Waals surface area contributed by atoms with Gasteiger partial charge in [-0.3, -0.25) is 4.79 Å². The summed E-state index contributed by atoms with van der Waals surface area (Å²) in [6.45, 7) is 0.703. The number of aromatic nitrogens is 2. The molecule has 0 aliphatic carbocycles. The number of rotatable bonds is 3. The van der Waals surface area contributed by atoms with E-state index < -0.39 is 23.6 Å². The molecule has 1 atom stereocenters. The van der Waals surface area contributed by atoms with Gasteiger partial charge in [0.05, 0.1) is 22.9 Å². The van der Waals surface area contributed by atoms with Crippen molar-refractivity contribution in [2.45, 2.75) is 18.8 Å². The fourth-order valence-corrected chi connectivity index (χ4v) is 3.59. The van der Waals surface area contributed by atoms with Gasteiger partial charge in [0.15, 0.2) is 0 Å². The third-order valence-corrected chi connectivity index (χ3v) is 5.03. The number of imidazole rings is 1. The van der Waals surface area contributed by atoms with Crippen LogP contribution in [0, 0.1) is 5.82 Å². The van der Waals surface area contributed by atoms with Gasteiger partial charge >= 0.3 is 6.18 Å². The lowest BCUT2D eigenvalue weighted by atomic mass is 10.0. The predicted molar refractivity (Wildman–Crippen MR) is 98.3 cm³/mol. The van der Waals surface area contributed by atoms with Crippen molar-refractivity contribution in [3.8, 4) is 0 Å². The summed E-state index contributed by atoms with van der Waals surface area (Å²) < 4.78 is 54.4. The van der Waals surface area contributed by atoms with E-state index in [0.717, 1.165) is 28.7 Å². The summed E-state index contributed by atoms with van der Waals surface area (Å²) in [5, 5.41) is 3.15. The predicted octanol–water partition coefficient (Wildman–Crippen LogP) is 3.40.